The maximum atomic E-state index is 13.1. The number of anilines is 1. The molecule has 9 nitrogen and oxygen atoms in total. The van der Waals surface area contributed by atoms with Crippen LogP contribution in [0.5, 0.6) is 5.75 Å². The number of nitrogens with zero attached hydrogens (tertiary/aromatic N) is 3. The van der Waals surface area contributed by atoms with Crippen molar-refractivity contribution in [3.8, 4) is 17.0 Å². The van der Waals surface area contributed by atoms with E-state index in [0.29, 0.717) is 49.7 Å². The van der Waals surface area contributed by atoms with Gasteiger partial charge in [-0.3, -0.25) is 0 Å². The fraction of sp³-hybridized carbons (Fsp3) is 0.423. The number of benzene rings is 1. The molecule has 3 aliphatic rings. The molecule has 4 heterocycles. The molecule has 0 amide bonds. The van der Waals surface area contributed by atoms with Crippen LogP contribution >= 0.6 is 0 Å². The minimum Gasteiger partial charge on any atom is -0.477 e. The highest BCUT2D eigenvalue weighted by molar-refractivity contribution is 5.85. The summed E-state index contributed by atoms with van der Waals surface area (Å²) in [5, 5.41) is 13.4. The molecule has 1 atom stereocenters. The minimum atomic E-state index is -4.86. The van der Waals surface area contributed by atoms with Crippen LogP contribution in [0.1, 0.15) is 59.7 Å². The Balaban J connectivity index is 1.24. The molecule has 1 unspecified atom stereocenters. The van der Waals surface area contributed by atoms with E-state index in [1.165, 1.54) is 24.3 Å². The summed E-state index contributed by atoms with van der Waals surface area (Å²) in [6.07, 6.45) is -2.76. The lowest BCUT2D eigenvalue weighted by Crippen LogP contribution is -2.46. The lowest BCUT2D eigenvalue weighted by Gasteiger charge is -2.38. The van der Waals surface area contributed by atoms with Crippen molar-refractivity contribution in [3.05, 3.63) is 59.5 Å². The Morgan fingerprint density at radius 1 is 1.11 bits per heavy atom. The van der Waals surface area contributed by atoms with Gasteiger partial charge in [-0.05, 0) is 49.9 Å². The molecule has 1 aromatic carbocycles. The number of piperidine rings is 1. The number of hydrogen-bond donors (Lipinski definition) is 1. The summed E-state index contributed by atoms with van der Waals surface area (Å²) in [5.74, 6) is -0.215. The number of carboxylic acids is 1. The largest absolute Gasteiger partial charge is 0.573 e. The molecule has 2 saturated heterocycles. The standard InChI is InChI=1S/C26H24F3N3O6/c27-26(28,29)36-18-6-2-1-4-16(18)21-20(22(38-31-21)15-8-9-15)24-35-14-25(37-24)10-12-32(13-11-25)19-7-3-5-17(30-19)23(33)34/h1-7,15,24H,8-14H2,(H,33,34). The zero-order valence-electron chi connectivity index (χ0n) is 20.1. The summed E-state index contributed by atoms with van der Waals surface area (Å²) in [7, 11) is 0. The SMILES string of the molecule is O=C(O)c1cccc(N2CCC3(CC2)COC(c2c(-c4ccccc4OC(F)(F)F)noc2C2CC2)O3)n1. The third-order valence-corrected chi connectivity index (χ3v) is 7.11. The first kappa shape index (κ1) is 24.7. The third kappa shape index (κ3) is 4.81. The van der Waals surface area contributed by atoms with E-state index in [9.17, 15) is 23.1 Å². The van der Waals surface area contributed by atoms with Crippen molar-refractivity contribution < 1.29 is 41.8 Å². The summed E-state index contributed by atoms with van der Waals surface area (Å²) in [4.78, 5) is 17.5. The van der Waals surface area contributed by atoms with Crippen molar-refractivity contribution in [2.45, 2.75) is 49.9 Å². The van der Waals surface area contributed by atoms with Gasteiger partial charge < -0.3 is 28.7 Å². The number of aromatic carboxylic acids is 1. The van der Waals surface area contributed by atoms with Gasteiger partial charge in [-0.2, -0.15) is 0 Å². The second-order valence-corrected chi connectivity index (χ2v) is 9.74. The van der Waals surface area contributed by atoms with E-state index in [0.717, 1.165) is 12.8 Å². The minimum absolute atomic E-state index is 0.0225. The molecule has 1 N–H and O–H groups in total. The molecule has 1 spiro atoms. The first-order chi connectivity index (χ1) is 18.2. The van der Waals surface area contributed by atoms with Gasteiger partial charge in [0.05, 0.1) is 17.8 Å². The molecule has 2 aliphatic heterocycles. The van der Waals surface area contributed by atoms with Crippen molar-refractivity contribution >= 4 is 11.8 Å². The fourth-order valence-corrected chi connectivity index (χ4v) is 5.04. The Kier molecular flexibility index (Phi) is 6.03. The molecule has 3 aromatic rings. The Hall–Kier alpha value is -3.64. The molecular weight excluding hydrogens is 507 g/mol. The zero-order valence-corrected chi connectivity index (χ0v) is 20.1. The summed E-state index contributed by atoms with van der Waals surface area (Å²) >= 11 is 0. The van der Waals surface area contributed by atoms with Gasteiger partial charge in [0.15, 0.2) is 12.0 Å². The number of ether oxygens (including phenoxy) is 3. The first-order valence-corrected chi connectivity index (χ1v) is 12.3. The van der Waals surface area contributed by atoms with Crippen molar-refractivity contribution in [2.75, 3.05) is 24.6 Å². The average Bonchev–Trinajstić information content (AvgIpc) is 3.52. The number of carbonyl (C=O) groups is 1. The van der Waals surface area contributed by atoms with E-state index in [4.69, 9.17) is 14.0 Å². The Morgan fingerprint density at radius 2 is 1.87 bits per heavy atom. The average molecular weight is 531 g/mol. The van der Waals surface area contributed by atoms with Gasteiger partial charge in [0.25, 0.3) is 0 Å². The van der Waals surface area contributed by atoms with Crippen molar-refractivity contribution in [1.82, 2.24) is 10.1 Å². The van der Waals surface area contributed by atoms with Crippen molar-refractivity contribution in [1.29, 1.82) is 0 Å². The number of hydrogen-bond acceptors (Lipinski definition) is 8. The third-order valence-electron chi connectivity index (χ3n) is 7.11. The molecule has 2 aromatic heterocycles. The molecule has 0 bridgehead atoms. The molecule has 12 heteroatoms. The quantitative estimate of drug-likeness (QED) is 0.454. The van der Waals surface area contributed by atoms with Crippen LogP contribution in [-0.4, -0.2) is 52.9 Å². The molecule has 6 rings (SSSR count). The normalized spacial score (nSPS) is 21.1. The van der Waals surface area contributed by atoms with Gasteiger partial charge in [0.2, 0.25) is 0 Å². The number of alkyl halides is 3. The number of aromatic nitrogens is 2. The van der Waals surface area contributed by atoms with E-state index in [-0.39, 0.29) is 28.6 Å². The van der Waals surface area contributed by atoms with E-state index in [2.05, 4.69) is 14.9 Å². The summed E-state index contributed by atoms with van der Waals surface area (Å²) in [6.45, 7) is 1.43. The molecular formula is C26H24F3N3O6. The fourth-order valence-electron chi connectivity index (χ4n) is 5.04. The van der Waals surface area contributed by atoms with Gasteiger partial charge in [-0.1, -0.05) is 23.4 Å². The van der Waals surface area contributed by atoms with Gasteiger partial charge in [-0.25, -0.2) is 9.78 Å². The number of carboxylic acid groups (broad SMARTS) is 1. The van der Waals surface area contributed by atoms with Crippen molar-refractivity contribution in [2.24, 2.45) is 0 Å². The van der Waals surface area contributed by atoms with E-state index >= 15 is 0 Å². The summed E-state index contributed by atoms with van der Waals surface area (Å²) in [6, 6.07) is 10.7. The van der Waals surface area contributed by atoms with Crippen LogP contribution in [-0.2, 0) is 9.47 Å². The molecule has 3 fully saturated rings. The Labute approximate surface area is 215 Å². The number of para-hydroxylation sites is 1. The highest BCUT2D eigenvalue weighted by Gasteiger charge is 2.48. The highest BCUT2D eigenvalue weighted by atomic mass is 19.4. The molecule has 1 aliphatic carbocycles. The van der Waals surface area contributed by atoms with E-state index in [1.54, 1.807) is 18.2 Å². The maximum absolute atomic E-state index is 13.1. The number of pyridine rings is 1. The summed E-state index contributed by atoms with van der Waals surface area (Å²) in [5.41, 5.74) is 0.221. The Bertz CT molecular complexity index is 1350. The van der Waals surface area contributed by atoms with E-state index < -0.39 is 24.2 Å². The summed E-state index contributed by atoms with van der Waals surface area (Å²) < 4.78 is 61.7. The zero-order chi connectivity index (χ0) is 26.5. The highest BCUT2D eigenvalue weighted by Crippen LogP contribution is 2.51. The van der Waals surface area contributed by atoms with Crippen LogP contribution < -0.4 is 9.64 Å². The maximum Gasteiger partial charge on any atom is 0.573 e. The molecule has 200 valence electrons. The molecule has 0 radical (unpaired) electrons. The van der Waals surface area contributed by atoms with Crippen molar-refractivity contribution in [3.63, 3.8) is 0 Å². The lowest BCUT2D eigenvalue weighted by molar-refractivity contribution is -0.274. The van der Waals surface area contributed by atoms with Gasteiger partial charge >= 0.3 is 12.3 Å². The van der Waals surface area contributed by atoms with E-state index in [1.807, 2.05) is 4.90 Å². The van der Waals surface area contributed by atoms with Crippen LogP contribution in [0.25, 0.3) is 11.3 Å². The van der Waals surface area contributed by atoms with Crippen LogP contribution in [0.2, 0.25) is 0 Å². The molecule has 1 saturated carbocycles. The second-order valence-electron chi connectivity index (χ2n) is 9.74. The monoisotopic (exact) mass is 531 g/mol. The van der Waals surface area contributed by atoms with Crippen LogP contribution in [0.15, 0.2) is 47.0 Å². The first-order valence-electron chi connectivity index (χ1n) is 12.3. The van der Waals surface area contributed by atoms with Crippen LogP contribution in [0.4, 0.5) is 19.0 Å². The second kappa shape index (κ2) is 9.28. The smallest absolute Gasteiger partial charge is 0.477 e. The Morgan fingerprint density at radius 3 is 2.58 bits per heavy atom. The topological polar surface area (TPSA) is 107 Å². The molecule has 38 heavy (non-hydrogen) atoms. The lowest BCUT2D eigenvalue weighted by atomic mass is 9.92. The predicted molar refractivity (Wildman–Crippen MR) is 126 cm³/mol. The van der Waals surface area contributed by atoms with Gasteiger partial charge in [-0.15, -0.1) is 13.2 Å². The van der Waals surface area contributed by atoms with Crippen LogP contribution in [0, 0.1) is 0 Å². The predicted octanol–water partition coefficient (Wildman–Crippen LogP) is 5.30. The van der Waals surface area contributed by atoms with Crippen LogP contribution in [0.3, 0.4) is 0 Å². The number of halogens is 3. The number of rotatable bonds is 6. The van der Waals surface area contributed by atoms with Gasteiger partial charge in [0.1, 0.15) is 23.0 Å². The van der Waals surface area contributed by atoms with Gasteiger partial charge in [0, 0.05) is 24.6 Å².